The zero-order valence-electron chi connectivity index (χ0n) is 7.38. The second-order valence-electron chi connectivity index (χ2n) is 2.41. The Morgan fingerprint density at radius 2 is 2.50 bits per heavy atom. The minimum absolute atomic E-state index is 0.307. The summed E-state index contributed by atoms with van der Waals surface area (Å²) in [5.74, 6) is 0.417. The number of hydrogen-bond acceptors (Lipinski definition) is 3. The first kappa shape index (κ1) is 11.3. The van der Waals surface area contributed by atoms with Gasteiger partial charge in [-0.15, -0.1) is 0 Å². The van der Waals surface area contributed by atoms with Crippen LogP contribution in [0, 0.1) is 0 Å². The molecule has 1 rings (SSSR count). The summed E-state index contributed by atoms with van der Waals surface area (Å²) in [5, 5.41) is 3.00. The Morgan fingerprint density at radius 3 is 3.07 bits per heavy atom. The summed E-state index contributed by atoms with van der Waals surface area (Å²) in [5.41, 5.74) is 0.626. The number of hydrogen-bond donors (Lipinski definition) is 1. The van der Waals surface area contributed by atoms with E-state index in [0.717, 1.165) is 0 Å². The van der Waals surface area contributed by atoms with Gasteiger partial charge in [0.15, 0.2) is 0 Å². The highest BCUT2D eigenvalue weighted by Crippen LogP contribution is 2.28. The van der Waals surface area contributed by atoms with Crippen LogP contribution in [0.5, 0.6) is 5.88 Å². The molecule has 0 aromatic carbocycles. The van der Waals surface area contributed by atoms with E-state index in [0.29, 0.717) is 34.0 Å². The van der Waals surface area contributed by atoms with Gasteiger partial charge in [-0.05, 0) is 15.9 Å². The predicted octanol–water partition coefficient (Wildman–Crippen LogP) is 1.75. The van der Waals surface area contributed by atoms with Crippen molar-refractivity contribution in [1.29, 1.82) is 0 Å². The van der Waals surface area contributed by atoms with Crippen molar-refractivity contribution in [2.45, 2.75) is 6.54 Å². The van der Waals surface area contributed by atoms with E-state index in [4.69, 9.17) is 16.3 Å². The summed E-state index contributed by atoms with van der Waals surface area (Å²) in [6, 6.07) is 1.59. The van der Waals surface area contributed by atoms with E-state index in [1.165, 1.54) is 7.11 Å². The fourth-order valence-corrected chi connectivity index (χ4v) is 1.43. The van der Waals surface area contributed by atoms with Crippen molar-refractivity contribution in [1.82, 2.24) is 10.3 Å². The van der Waals surface area contributed by atoms with Crippen molar-refractivity contribution in [2.75, 3.05) is 7.11 Å². The van der Waals surface area contributed by atoms with Crippen LogP contribution in [0.25, 0.3) is 0 Å². The van der Waals surface area contributed by atoms with Crippen LogP contribution >= 0.6 is 27.5 Å². The van der Waals surface area contributed by atoms with Gasteiger partial charge in [0.2, 0.25) is 12.3 Å². The molecule has 0 fully saturated rings. The smallest absolute Gasteiger partial charge is 0.214 e. The molecule has 4 nitrogen and oxygen atoms in total. The van der Waals surface area contributed by atoms with Crippen LogP contribution in [-0.2, 0) is 11.3 Å². The highest BCUT2D eigenvalue weighted by Gasteiger charge is 2.08. The Hall–Kier alpha value is -0.810. The van der Waals surface area contributed by atoms with Crippen LogP contribution in [0.4, 0.5) is 0 Å². The van der Waals surface area contributed by atoms with E-state index in [1.807, 2.05) is 0 Å². The van der Waals surface area contributed by atoms with Crippen LogP contribution in [-0.4, -0.2) is 18.5 Å². The molecule has 14 heavy (non-hydrogen) atoms. The van der Waals surface area contributed by atoms with Gasteiger partial charge in [0.1, 0.15) is 0 Å². The van der Waals surface area contributed by atoms with E-state index < -0.39 is 0 Å². The molecule has 6 heteroatoms. The molecule has 0 unspecified atom stereocenters. The molecule has 0 aliphatic carbocycles. The zero-order chi connectivity index (χ0) is 10.6. The third kappa shape index (κ3) is 2.59. The molecule has 1 aromatic heterocycles. The van der Waals surface area contributed by atoms with Gasteiger partial charge in [-0.2, -0.15) is 0 Å². The molecule has 1 N–H and O–H groups in total. The fraction of sp³-hybridized carbons (Fsp3) is 0.250. The number of rotatable bonds is 4. The van der Waals surface area contributed by atoms with Crippen LogP contribution in [0.3, 0.4) is 0 Å². The number of nitrogens with zero attached hydrogens (tertiary/aromatic N) is 1. The molecule has 76 valence electrons. The average molecular weight is 280 g/mol. The number of nitrogens with one attached hydrogen (secondary N) is 1. The highest BCUT2D eigenvalue weighted by molar-refractivity contribution is 9.10. The second kappa shape index (κ2) is 5.17. The Morgan fingerprint density at radius 1 is 1.79 bits per heavy atom. The van der Waals surface area contributed by atoms with Crippen LogP contribution < -0.4 is 10.1 Å². The maximum atomic E-state index is 10.1. The quantitative estimate of drug-likeness (QED) is 0.854. The van der Waals surface area contributed by atoms with Gasteiger partial charge < -0.3 is 10.1 Å². The lowest BCUT2D eigenvalue weighted by Gasteiger charge is -2.07. The largest absolute Gasteiger partial charge is 0.481 e. The molecule has 0 saturated heterocycles. The number of halogens is 2. The number of carbonyl (C=O) groups excluding carboxylic acids is 1. The minimum atomic E-state index is 0.307. The molecule has 1 heterocycles. The summed E-state index contributed by atoms with van der Waals surface area (Å²) < 4.78 is 5.60. The average Bonchev–Trinajstić information content (AvgIpc) is 2.20. The van der Waals surface area contributed by atoms with Crippen molar-refractivity contribution in [2.24, 2.45) is 0 Å². The number of amides is 1. The van der Waals surface area contributed by atoms with Gasteiger partial charge in [-0.3, -0.25) is 4.79 Å². The molecule has 1 aromatic rings. The topological polar surface area (TPSA) is 51.2 Å². The van der Waals surface area contributed by atoms with Crippen LogP contribution in [0.2, 0.25) is 5.02 Å². The molecule has 0 bridgehead atoms. The van der Waals surface area contributed by atoms with Gasteiger partial charge in [-0.25, -0.2) is 4.98 Å². The van der Waals surface area contributed by atoms with Crippen LogP contribution in [0.1, 0.15) is 5.69 Å². The summed E-state index contributed by atoms with van der Waals surface area (Å²) in [7, 11) is 1.50. The van der Waals surface area contributed by atoms with Gasteiger partial charge >= 0.3 is 0 Å². The molecule has 0 radical (unpaired) electrons. The molecule has 0 aliphatic heterocycles. The summed E-state index contributed by atoms with van der Waals surface area (Å²) in [4.78, 5) is 14.2. The normalized spacial score (nSPS) is 9.64. The predicted molar refractivity (Wildman–Crippen MR) is 56.4 cm³/mol. The Bertz CT molecular complexity index is 346. The number of pyridine rings is 1. The van der Waals surface area contributed by atoms with Crippen molar-refractivity contribution < 1.29 is 9.53 Å². The van der Waals surface area contributed by atoms with E-state index in [1.54, 1.807) is 6.07 Å². The number of carbonyl (C=O) groups is 1. The SMILES string of the molecule is COc1cc(Cl)c(Br)c(CNC=O)n1. The summed E-state index contributed by atoms with van der Waals surface area (Å²) >= 11 is 9.16. The lowest BCUT2D eigenvalue weighted by Crippen LogP contribution is -2.12. The van der Waals surface area contributed by atoms with Crippen molar-refractivity contribution in [3.05, 3.63) is 21.3 Å². The first-order valence-corrected chi connectivity index (χ1v) is 4.92. The molecule has 0 saturated carbocycles. The number of methoxy groups -OCH3 is 1. The standard InChI is InChI=1S/C8H8BrClN2O2/c1-14-7-2-5(10)8(9)6(12-7)3-11-4-13/h2,4H,3H2,1H3,(H,11,13). The molecule has 0 spiro atoms. The van der Waals surface area contributed by atoms with Crippen molar-refractivity contribution >= 4 is 33.9 Å². The second-order valence-corrected chi connectivity index (χ2v) is 3.61. The lowest BCUT2D eigenvalue weighted by atomic mass is 10.3. The fourth-order valence-electron chi connectivity index (χ4n) is 0.884. The third-order valence-corrected chi connectivity index (χ3v) is 2.93. The monoisotopic (exact) mass is 278 g/mol. The van der Waals surface area contributed by atoms with E-state index in [9.17, 15) is 4.79 Å². The maximum Gasteiger partial charge on any atom is 0.214 e. The Labute approximate surface area is 94.7 Å². The number of aromatic nitrogens is 1. The number of ether oxygens (including phenoxy) is 1. The lowest BCUT2D eigenvalue weighted by molar-refractivity contribution is -0.109. The summed E-state index contributed by atoms with van der Waals surface area (Å²) in [6.45, 7) is 0.307. The van der Waals surface area contributed by atoms with Crippen molar-refractivity contribution in [3.63, 3.8) is 0 Å². The minimum Gasteiger partial charge on any atom is -0.481 e. The molecular formula is C8H8BrClN2O2. The molecule has 1 amide bonds. The molecule has 0 atom stereocenters. The van der Waals surface area contributed by atoms with Gasteiger partial charge in [-0.1, -0.05) is 11.6 Å². The molecule has 0 aliphatic rings. The summed E-state index contributed by atoms with van der Waals surface area (Å²) in [6.07, 6.45) is 0.599. The van der Waals surface area contributed by atoms with Gasteiger partial charge in [0.25, 0.3) is 0 Å². The maximum absolute atomic E-state index is 10.1. The Kier molecular flexibility index (Phi) is 4.16. The Balaban J connectivity index is 3.00. The van der Waals surface area contributed by atoms with Gasteiger partial charge in [0, 0.05) is 6.07 Å². The first-order valence-electron chi connectivity index (χ1n) is 3.75. The first-order chi connectivity index (χ1) is 6.69. The molecular weight excluding hydrogens is 271 g/mol. The van der Waals surface area contributed by atoms with E-state index in [2.05, 4.69) is 26.2 Å². The van der Waals surface area contributed by atoms with Gasteiger partial charge in [0.05, 0.1) is 28.8 Å². The van der Waals surface area contributed by atoms with E-state index in [-0.39, 0.29) is 0 Å². The van der Waals surface area contributed by atoms with Crippen molar-refractivity contribution in [3.8, 4) is 5.88 Å². The van der Waals surface area contributed by atoms with Crippen LogP contribution in [0.15, 0.2) is 10.5 Å². The zero-order valence-corrected chi connectivity index (χ0v) is 9.72. The third-order valence-electron chi connectivity index (χ3n) is 1.52. The highest BCUT2D eigenvalue weighted by atomic mass is 79.9. The van der Waals surface area contributed by atoms with E-state index >= 15 is 0 Å².